The number of hydrogen-bond donors (Lipinski definition) is 0. The summed E-state index contributed by atoms with van der Waals surface area (Å²) in [6, 6.07) is 15.7. The average molecular weight is 347 g/mol. The van der Waals surface area contributed by atoms with E-state index in [4.69, 9.17) is 21.1 Å². The molecule has 0 aliphatic carbocycles. The molecule has 0 saturated heterocycles. The van der Waals surface area contributed by atoms with Gasteiger partial charge in [0.1, 0.15) is 17.3 Å². The van der Waals surface area contributed by atoms with Gasteiger partial charge in [-0.3, -0.25) is 0 Å². The Kier molecular flexibility index (Phi) is 4.67. The number of hydrogen-bond acceptors (Lipinski definition) is 2. The Morgan fingerprint density at radius 1 is 0.917 bits per heavy atom. The molecule has 0 amide bonds. The van der Waals surface area contributed by atoms with Crippen LogP contribution < -0.4 is 9.47 Å². The highest BCUT2D eigenvalue weighted by atomic mass is 35.5. The molecule has 5 heteroatoms. The summed E-state index contributed by atoms with van der Waals surface area (Å²) in [6.07, 6.45) is 0. The highest BCUT2D eigenvalue weighted by Gasteiger charge is 2.21. The van der Waals surface area contributed by atoms with Crippen LogP contribution in [0, 0.1) is 11.6 Å². The van der Waals surface area contributed by atoms with E-state index in [1.165, 1.54) is 37.4 Å². The summed E-state index contributed by atoms with van der Waals surface area (Å²) >= 11 is 6.13. The summed E-state index contributed by atoms with van der Waals surface area (Å²) in [5.74, 6) is -0.608. The molecule has 0 aliphatic rings. The van der Waals surface area contributed by atoms with Crippen LogP contribution in [0.25, 0.3) is 11.1 Å². The first-order valence-electron chi connectivity index (χ1n) is 7.15. The molecule has 3 aromatic carbocycles. The third-order valence-corrected chi connectivity index (χ3v) is 3.74. The van der Waals surface area contributed by atoms with E-state index >= 15 is 4.39 Å². The molecule has 0 radical (unpaired) electrons. The maximum absolute atomic E-state index is 15.1. The van der Waals surface area contributed by atoms with E-state index in [2.05, 4.69) is 0 Å². The van der Waals surface area contributed by atoms with Gasteiger partial charge in [-0.1, -0.05) is 41.9 Å². The van der Waals surface area contributed by atoms with Gasteiger partial charge >= 0.3 is 0 Å². The van der Waals surface area contributed by atoms with Crippen LogP contribution in [0.3, 0.4) is 0 Å². The zero-order valence-electron chi connectivity index (χ0n) is 12.7. The van der Waals surface area contributed by atoms with E-state index in [-0.39, 0.29) is 22.1 Å². The topological polar surface area (TPSA) is 18.5 Å². The number of methoxy groups -OCH3 is 1. The molecule has 2 nitrogen and oxygen atoms in total. The van der Waals surface area contributed by atoms with Gasteiger partial charge in [-0.05, 0) is 29.8 Å². The van der Waals surface area contributed by atoms with Gasteiger partial charge in [-0.15, -0.1) is 0 Å². The van der Waals surface area contributed by atoms with E-state index in [9.17, 15) is 4.39 Å². The number of halogens is 3. The van der Waals surface area contributed by atoms with E-state index in [1.807, 2.05) is 6.07 Å². The van der Waals surface area contributed by atoms with E-state index in [0.29, 0.717) is 11.3 Å². The Balaban J connectivity index is 2.11. The zero-order chi connectivity index (χ0) is 17.1. The van der Waals surface area contributed by atoms with Gasteiger partial charge in [0.2, 0.25) is 0 Å². The van der Waals surface area contributed by atoms with Gasteiger partial charge in [-0.2, -0.15) is 0 Å². The van der Waals surface area contributed by atoms with Gasteiger partial charge in [0.05, 0.1) is 17.7 Å². The van der Waals surface area contributed by atoms with Crippen LogP contribution in [0.1, 0.15) is 0 Å². The fourth-order valence-corrected chi connectivity index (χ4v) is 2.55. The zero-order valence-corrected chi connectivity index (χ0v) is 13.5. The molecule has 0 aliphatic heterocycles. The Hall–Kier alpha value is -2.59. The smallest absolute Gasteiger partial charge is 0.182 e. The van der Waals surface area contributed by atoms with Crippen molar-refractivity contribution in [2.75, 3.05) is 7.11 Å². The van der Waals surface area contributed by atoms with Crippen molar-refractivity contribution in [2.24, 2.45) is 0 Å². The number of ether oxygens (including phenoxy) is 2. The lowest BCUT2D eigenvalue weighted by atomic mass is 10.0. The summed E-state index contributed by atoms with van der Waals surface area (Å²) in [4.78, 5) is 0. The van der Waals surface area contributed by atoms with Crippen molar-refractivity contribution in [1.29, 1.82) is 0 Å². The standard InChI is InChI=1S/C19H13ClF2O2/c1-23-16-11-15(20)19(24-14-9-7-13(21)8-10-14)18(22)17(16)12-5-3-2-4-6-12/h2-11H,1H3. The summed E-state index contributed by atoms with van der Waals surface area (Å²) in [5, 5.41) is 0.0633. The fourth-order valence-electron chi connectivity index (χ4n) is 2.33. The minimum Gasteiger partial charge on any atom is -0.496 e. The Labute approximate surface area is 143 Å². The maximum Gasteiger partial charge on any atom is 0.182 e. The summed E-state index contributed by atoms with van der Waals surface area (Å²) in [7, 11) is 1.44. The molecule has 0 unspecified atom stereocenters. The van der Waals surface area contributed by atoms with Crippen molar-refractivity contribution in [1.82, 2.24) is 0 Å². The van der Waals surface area contributed by atoms with E-state index < -0.39 is 11.6 Å². The second-order valence-corrected chi connectivity index (χ2v) is 5.41. The lowest BCUT2D eigenvalue weighted by molar-refractivity contribution is 0.405. The third kappa shape index (κ3) is 3.19. The average Bonchev–Trinajstić information content (AvgIpc) is 2.60. The summed E-state index contributed by atoms with van der Waals surface area (Å²) in [6.45, 7) is 0. The lowest BCUT2D eigenvalue weighted by Crippen LogP contribution is -1.97. The molecule has 0 aromatic heterocycles. The number of benzene rings is 3. The van der Waals surface area contributed by atoms with Crippen LogP contribution in [0.5, 0.6) is 17.2 Å². The first kappa shape index (κ1) is 16.3. The second-order valence-electron chi connectivity index (χ2n) is 5.00. The van der Waals surface area contributed by atoms with Gasteiger partial charge in [0.25, 0.3) is 0 Å². The molecule has 0 saturated carbocycles. The molecule has 3 aromatic rings. The van der Waals surface area contributed by atoms with Crippen molar-refractivity contribution in [3.8, 4) is 28.4 Å². The molecule has 0 spiro atoms. The quantitative estimate of drug-likeness (QED) is 0.569. The summed E-state index contributed by atoms with van der Waals surface area (Å²) in [5.41, 5.74) is 0.882. The minimum absolute atomic E-state index is 0.0633. The van der Waals surface area contributed by atoms with Crippen molar-refractivity contribution in [2.45, 2.75) is 0 Å². The Morgan fingerprint density at radius 2 is 1.58 bits per heavy atom. The normalized spacial score (nSPS) is 10.5. The SMILES string of the molecule is COc1cc(Cl)c(Oc2ccc(F)cc2)c(F)c1-c1ccccc1. The molecule has 3 rings (SSSR count). The maximum atomic E-state index is 15.1. The van der Waals surface area contributed by atoms with Crippen LogP contribution >= 0.6 is 11.6 Å². The van der Waals surface area contributed by atoms with Crippen LogP contribution in [0.2, 0.25) is 5.02 Å². The minimum atomic E-state index is -0.644. The van der Waals surface area contributed by atoms with Crippen LogP contribution in [-0.2, 0) is 0 Å². The Bertz CT molecular complexity index is 849. The van der Waals surface area contributed by atoms with E-state index in [0.717, 1.165) is 0 Å². The van der Waals surface area contributed by atoms with Gasteiger partial charge in [-0.25, -0.2) is 8.78 Å². The third-order valence-electron chi connectivity index (χ3n) is 3.46. The molecular formula is C19H13ClF2O2. The monoisotopic (exact) mass is 346 g/mol. The predicted molar refractivity (Wildman–Crippen MR) is 89.9 cm³/mol. The van der Waals surface area contributed by atoms with Gasteiger partial charge < -0.3 is 9.47 Å². The number of rotatable bonds is 4. The largest absolute Gasteiger partial charge is 0.496 e. The molecular weight excluding hydrogens is 334 g/mol. The van der Waals surface area contributed by atoms with Crippen LogP contribution in [-0.4, -0.2) is 7.11 Å². The van der Waals surface area contributed by atoms with Gasteiger partial charge in [0, 0.05) is 6.07 Å². The molecule has 24 heavy (non-hydrogen) atoms. The summed E-state index contributed by atoms with van der Waals surface area (Å²) < 4.78 is 38.8. The van der Waals surface area contributed by atoms with Gasteiger partial charge in [0.15, 0.2) is 11.6 Å². The van der Waals surface area contributed by atoms with Crippen molar-refractivity contribution in [3.63, 3.8) is 0 Å². The van der Waals surface area contributed by atoms with Crippen molar-refractivity contribution in [3.05, 3.63) is 77.3 Å². The molecule has 0 bridgehead atoms. The molecule has 0 heterocycles. The predicted octanol–water partition coefficient (Wildman–Crippen LogP) is 6.09. The lowest BCUT2D eigenvalue weighted by Gasteiger charge is -2.15. The van der Waals surface area contributed by atoms with Crippen molar-refractivity contribution >= 4 is 11.6 Å². The molecule has 122 valence electrons. The van der Waals surface area contributed by atoms with Crippen molar-refractivity contribution < 1.29 is 18.3 Å². The molecule has 0 N–H and O–H groups in total. The highest BCUT2D eigenvalue weighted by molar-refractivity contribution is 6.32. The molecule has 0 atom stereocenters. The van der Waals surface area contributed by atoms with Crippen LogP contribution in [0.15, 0.2) is 60.7 Å². The first-order valence-corrected chi connectivity index (χ1v) is 7.52. The first-order chi connectivity index (χ1) is 11.6. The highest BCUT2D eigenvalue weighted by Crippen LogP contribution is 2.43. The second kappa shape index (κ2) is 6.89. The van der Waals surface area contributed by atoms with Crippen LogP contribution in [0.4, 0.5) is 8.78 Å². The Morgan fingerprint density at radius 3 is 2.21 bits per heavy atom. The molecule has 0 fully saturated rings. The fraction of sp³-hybridized carbons (Fsp3) is 0.0526. The van der Waals surface area contributed by atoms with E-state index in [1.54, 1.807) is 24.3 Å².